The van der Waals surface area contributed by atoms with Gasteiger partial charge in [-0.05, 0) is 25.1 Å². The van der Waals surface area contributed by atoms with E-state index in [0.29, 0.717) is 6.61 Å². The van der Waals surface area contributed by atoms with E-state index in [1.54, 1.807) is 6.92 Å². The molecule has 1 heterocycles. The molecule has 0 bridgehead atoms. The molecule has 18 heavy (non-hydrogen) atoms. The van der Waals surface area contributed by atoms with E-state index in [9.17, 15) is 9.18 Å². The van der Waals surface area contributed by atoms with E-state index in [4.69, 9.17) is 4.74 Å². The molecule has 1 aromatic carbocycles. The predicted molar refractivity (Wildman–Crippen MR) is 61.9 cm³/mol. The Kier molecular flexibility index (Phi) is 3.52. The summed E-state index contributed by atoms with van der Waals surface area (Å²) in [6.45, 7) is 2.22. The molecule has 6 nitrogen and oxygen atoms in total. The second-order valence-corrected chi connectivity index (χ2v) is 3.36. The molecule has 0 unspecified atom stereocenters. The standard InChI is InChI=1S/C11H11FN4O2/c1-2-18-11-14-10(15-16-11)13-9(17)7-4-3-5-8(12)6-7/h3-6H,2H2,1H3,(H2,13,14,15,16,17). The van der Waals surface area contributed by atoms with Gasteiger partial charge in [0.2, 0.25) is 5.95 Å². The Hall–Kier alpha value is -2.44. The van der Waals surface area contributed by atoms with Gasteiger partial charge >= 0.3 is 6.01 Å². The second kappa shape index (κ2) is 5.26. The molecule has 0 fully saturated rings. The van der Waals surface area contributed by atoms with Crippen LogP contribution in [0.3, 0.4) is 0 Å². The minimum Gasteiger partial charge on any atom is -0.463 e. The van der Waals surface area contributed by atoms with Crippen LogP contribution in [0.1, 0.15) is 17.3 Å². The van der Waals surface area contributed by atoms with Gasteiger partial charge in [0.1, 0.15) is 5.82 Å². The van der Waals surface area contributed by atoms with Crippen LogP contribution in [-0.2, 0) is 0 Å². The number of aromatic nitrogens is 3. The monoisotopic (exact) mass is 250 g/mol. The van der Waals surface area contributed by atoms with Crippen molar-refractivity contribution in [3.8, 4) is 6.01 Å². The first-order chi connectivity index (χ1) is 8.69. The minimum absolute atomic E-state index is 0.145. The molecule has 94 valence electrons. The van der Waals surface area contributed by atoms with E-state index in [2.05, 4.69) is 20.5 Å². The molecule has 1 amide bonds. The van der Waals surface area contributed by atoms with Gasteiger partial charge in [-0.3, -0.25) is 10.1 Å². The number of aromatic amines is 1. The van der Waals surface area contributed by atoms with Crippen molar-refractivity contribution >= 4 is 11.9 Å². The average Bonchev–Trinajstić information content (AvgIpc) is 2.77. The van der Waals surface area contributed by atoms with Gasteiger partial charge in [0.25, 0.3) is 5.91 Å². The van der Waals surface area contributed by atoms with Crippen LogP contribution < -0.4 is 10.1 Å². The van der Waals surface area contributed by atoms with Crippen LogP contribution in [0.25, 0.3) is 0 Å². The molecule has 2 N–H and O–H groups in total. The van der Waals surface area contributed by atoms with Gasteiger partial charge in [-0.25, -0.2) is 9.49 Å². The number of nitrogens with one attached hydrogen (secondary N) is 2. The van der Waals surface area contributed by atoms with Gasteiger partial charge in [0.15, 0.2) is 0 Å². The maximum Gasteiger partial charge on any atom is 0.337 e. The first kappa shape index (κ1) is 12.0. The maximum absolute atomic E-state index is 12.9. The maximum atomic E-state index is 12.9. The van der Waals surface area contributed by atoms with E-state index in [1.165, 1.54) is 18.2 Å². The summed E-state index contributed by atoms with van der Waals surface area (Å²) in [5.74, 6) is -0.809. The van der Waals surface area contributed by atoms with Gasteiger partial charge < -0.3 is 4.74 Å². The SMILES string of the molecule is CCOc1n[nH]c(NC(=O)c2cccc(F)c2)n1. The van der Waals surface area contributed by atoms with Crippen LogP contribution in [0.15, 0.2) is 24.3 Å². The summed E-state index contributed by atoms with van der Waals surface area (Å²) in [6.07, 6.45) is 0. The van der Waals surface area contributed by atoms with Gasteiger partial charge in [0, 0.05) is 5.56 Å². The zero-order valence-electron chi connectivity index (χ0n) is 9.61. The molecule has 0 atom stereocenters. The molecule has 0 saturated heterocycles. The number of anilines is 1. The quantitative estimate of drug-likeness (QED) is 0.863. The number of nitrogens with zero attached hydrogens (tertiary/aromatic N) is 2. The number of ether oxygens (including phenoxy) is 1. The number of carbonyl (C=O) groups is 1. The molecule has 2 aromatic rings. The zero-order chi connectivity index (χ0) is 13.0. The van der Waals surface area contributed by atoms with E-state index in [0.717, 1.165) is 6.07 Å². The van der Waals surface area contributed by atoms with Gasteiger partial charge in [-0.2, -0.15) is 4.98 Å². The Labute approximate surface area is 102 Å². The minimum atomic E-state index is -0.478. The number of rotatable bonds is 4. The van der Waals surface area contributed by atoms with Gasteiger partial charge in [-0.15, -0.1) is 5.10 Å². The Morgan fingerprint density at radius 1 is 1.56 bits per heavy atom. The normalized spacial score (nSPS) is 10.1. The fourth-order valence-electron chi connectivity index (χ4n) is 1.31. The third-order valence-electron chi connectivity index (χ3n) is 2.06. The van der Waals surface area contributed by atoms with Crippen LogP contribution >= 0.6 is 0 Å². The number of amides is 1. The van der Waals surface area contributed by atoms with Crippen LogP contribution in [0.4, 0.5) is 10.3 Å². The lowest BCUT2D eigenvalue weighted by Crippen LogP contribution is -2.13. The Balaban J connectivity index is 2.06. The first-order valence-electron chi connectivity index (χ1n) is 5.31. The third-order valence-corrected chi connectivity index (χ3v) is 2.06. The lowest BCUT2D eigenvalue weighted by molar-refractivity contribution is 0.102. The third kappa shape index (κ3) is 2.82. The number of halogens is 1. The summed E-state index contributed by atoms with van der Waals surface area (Å²) in [6, 6.07) is 5.49. The topological polar surface area (TPSA) is 79.9 Å². The highest BCUT2D eigenvalue weighted by Gasteiger charge is 2.10. The van der Waals surface area contributed by atoms with Crippen LogP contribution in [0.2, 0.25) is 0 Å². The summed E-state index contributed by atoms with van der Waals surface area (Å²) in [7, 11) is 0. The van der Waals surface area contributed by atoms with Crippen molar-refractivity contribution in [2.75, 3.05) is 11.9 Å². The second-order valence-electron chi connectivity index (χ2n) is 3.36. The summed E-state index contributed by atoms with van der Waals surface area (Å²) in [5.41, 5.74) is 0.198. The lowest BCUT2D eigenvalue weighted by Gasteiger charge is -2.00. The average molecular weight is 250 g/mol. The number of carbonyl (C=O) groups excluding carboxylic acids is 1. The lowest BCUT2D eigenvalue weighted by atomic mass is 10.2. The summed E-state index contributed by atoms with van der Waals surface area (Å²) in [5, 5.41) is 8.67. The van der Waals surface area contributed by atoms with Crippen molar-refractivity contribution in [2.24, 2.45) is 0 Å². The Bertz CT molecular complexity index is 555. The highest BCUT2D eigenvalue weighted by atomic mass is 19.1. The van der Waals surface area contributed by atoms with Crippen LogP contribution in [0.5, 0.6) is 6.01 Å². The van der Waals surface area contributed by atoms with Crippen molar-refractivity contribution in [3.05, 3.63) is 35.6 Å². The molecule has 2 rings (SSSR count). The summed E-state index contributed by atoms with van der Waals surface area (Å²) < 4.78 is 18.0. The first-order valence-corrected chi connectivity index (χ1v) is 5.31. The number of benzene rings is 1. The van der Waals surface area contributed by atoms with Crippen molar-refractivity contribution in [3.63, 3.8) is 0 Å². The van der Waals surface area contributed by atoms with E-state index in [-0.39, 0.29) is 17.5 Å². The molecule has 7 heteroatoms. The molecule has 0 radical (unpaired) electrons. The van der Waals surface area contributed by atoms with E-state index in [1.807, 2.05) is 0 Å². The molecular weight excluding hydrogens is 239 g/mol. The van der Waals surface area contributed by atoms with Crippen molar-refractivity contribution in [1.29, 1.82) is 0 Å². The van der Waals surface area contributed by atoms with Crippen LogP contribution in [0, 0.1) is 5.82 Å². The molecule has 0 saturated carbocycles. The Morgan fingerprint density at radius 3 is 3.11 bits per heavy atom. The smallest absolute Gasteiger partial charge is 0.337 e. The Morgan fingerprint density at radius 2 is 2.39 bits per heavy atom. The molecule has 0 aliphatic rings. The van der Waals surface area contributed by atoms with Crippen molar-refractivity contribution in [2.45, 2.75) is 6.92 Å². The largest absolute Gasteiger partial charge is 0.463 e. The molecule has 0 spiro atoms. The molecular formula is C11H11FN4O2. The molecule has 0 aliphatic heterocycles. The van der Waals surface area contributed by atoms with E-state index < -0.39 is 11.7 Å². The molecule has 0 aliphatic carbocycles. The van der Waals surface area contributed by atoms with Gasteiger partial charge in [0.05, 0.1) is 6.61 Å². The highest BCUT2D eigenvalue weighted by Crippen LogP contribution is 2.09. The van der Waals surface area contributed by atoms with Crippen molar-refractivity contribution in [1.82, 2.24) is 15.2 Å². The van der Waals surface area contributed by atoms with E-state index >= 15 is 0 Å². The summed E-state index contributed by atoms with van der Waals surface area (Å²) >= 11 is 0. The predicted octanol–water partition coefficient (Wildman–Crippen LogP) is 1.59. The zero-order valence-corrected chi connectivity index (χ0v) is 9.61. The number of hydrogen-bond acceptors (Lipinski definition) is 4. The highest BCUT2D eigenvalue weighted by molar-refractivity contribution is 6.03. The van der Waals surface area contributed by atoms with Gasteiger partial charge in [-0.1, -0.05) is 6.07 Å². The fraction of sp³-hybridized carbons (Fsp3) is 0.182. The van der Waals surface area contributed by atoms with Crippen molar-refractivity contribution < 1.29 is 13.9 Å². The molecule has 1 aromatic heterocycles. The number of H-pyrrole nitrogens is 1. The fourth-order valence-corrected chi connectivity index (χ4v) is 1.31. The summed E-state index contributed by atoms with van der Waals surface area (Å²) in [4.78, 5) is 15.6. The number of hydrogen-bond donors (Lipinski definition) is 2. The van der Waals surface area contributed by atoms with Crippen LogP contribution in [-0.4, -0.2) is 27.7 Å².